The summed E-state index contributed by atoms with van der Waals surface area (Å²) in [4.78, 5) is 38.8. The highest BCUT2D eigenvalue weighted by Gasteiger charge is 2.20. The fourth-order valence-corrected chi connectivity index (χ4v) is 3.59. The van der Waals surface area contributed by atoms with E-state index in [4.69, 9.17) is 4.42 Å². The SMILES string of the molecule is C=CCNC(=O)c1ccccc1NC(=O)c1cccc2c(=O)c(C)c(-c3ccccc3)oc12. The molecule has 0 atom stereocenters. The first-order valence-electron chi connectivity index (χ1n) is 10.4. The number of nitrogens with one attached hydrogen (secondary N) is 2. The van der Waals surface area contributed by atoms with Gasteiger partial charge in [-0.25, -0.2) is 0 Å². The maximum absolute atomic E-state index is 13.2. The zero-order chi connectivity index (χ0) is 23.4. The van der Waals surface area contributed by atoms with Crippen LogP contribution in [0, 0.1) is 6.92 Å². The molecule has 2 N–H and O–H groups in total. The molecule has 0 unspecified atom stereocenters. The lowest BCUT2D eigenvalue weighted by molar-refractivity contribution is 0.0959. The number of carbonyl (C=O) groups is 2. The molecule has 0 aliphatic carbocycles. The largest absolute Gasteiger partial charge is 0.455 e. The Kier molecular flexibility index (Phi) is 6.17. The zero-order valence-electron chi connectivity index (χ0n) is 18.1. The van der Waals surface area contributed by atoms with E-state index in [1.165, 1.54) is 0 Å². The maximum Gasteiger partial charge on any atom is 0.259 e. The Bertz CT molecular complexity index is 1420. The fraction of sp³-hybridized carbons (Fsp3) is 0.0741. The van der Waals surface area contributed by atoms with Gasteiger partial charge < -0.3 is 15.1 Å². The number of para-hydroxylation sites is 2. The summed E-state index contributed by atoms with van der Waals surface area (Å²) in [6.45, 7) is 5.60. The van der Waals surface area contributed by atoms with Crippen LogP contribution in [0.4, 0.5) is 5.69 Å². The van der Waals surface area contributed by atoms with Crippen molar-refractivity contribution in [3.05, 3.63) is 112 Å². The van der Waals surface area contributed by atoms with Gasteiger partial charge in [0, 0.05) is 17.7 Å². The lowest BCUT2D eigenvalue weighted by Gasteiger charge is -2.13. The predicted octanol–water partition coefficient (Wildman–Crippen LogP) is 4.94. The number of rotatable bonds is 6. The van der Waals surface area contributed by atoms with Crippen molar-refractivity contribution in [1.82, 2.24) is 5.32 Å². The van der Waals surface area contributed by atoms with E-state index in [0.717, 1.165) is 5.56 Å². The highest BCUT2D eigenvalue weighted by Crippen LogP contribution is 2.28. The summed E-state index contributed by atoms with van der Waals surface area (Å²) in [5, 5.41) is 5.80. The van der Waals surface area contributed by atoms with Crippen molar-refractivity contribution in [2.45, 2.75) is 6.92 Å². The third kappa shape index (κ3) is 4.32. The molecule has 0 saturated carbocycles. The van der Waals surface area contributed by atoms with Crippen LogP contribution in [0.2, 0.25) is 0 Å². The molecule has 0 fully saturated rings. The summed E-state index contributed by atoms with van der Waals surface area (Å²) in [6.07, 6.45) is 1.57. The van der Waals surface area contributed by atoms with Crippen molar-refractivity contribution in [3.8, 4) is 11.3 Å². The molecule has 3 aromatic carbocycles. The second-order valence-electron chi connectivity index (χ2n) is 7.43. The lowest BCUT2D eigenvalue weighted by Crippen LogP contribution is -2.25. The smallest absolute Gasteiger partial charge is 0.259 e. The molecule has 0 spiro atoms. The average Bonchev–Trinajstić information content (AvgIpc) is 2.85. The quantitative estimate of drug-likeness (QED) is 0.418. The van der Waals surface area contributed by atoms with Crippen LogP contribution in [0.1, 0.15) is 26.3 Å². The van der Waals surface area contributed by atoms with E-state index < -0.39 is 5.91 Å². The molecule has 164 valence electrons. The van der Waals surface area contributed by atoms with Gasteiger partial charge >= 0.3 is 0 Å². The molecule has 4 rings (SSSR count). The lowest BCUT2D eigenvalue weighted by atomic mass is 10.0. The second-order valence-corrected chi connectivity index (χ2v) is 7.43. The molecule has 1 aromatic heterocycles. The minimum absolute atomic E-state index is 0.193. The van der Waals surface area contributed by atoms with E-state index in [1.54, 1.807) is 55.5 Å². The zero-order valence-corrected chi connectivity index (χ0v) is 18.1. The van der Waals surface area contributed by atoms with Crippen LogP contribution in [0.25, 0.3) is 22.3 Å². The molecular formula is C27H22N2O4. The van der Waals surface area contributed by atoms with Gasteiger partial charge in [0.25, 0.3) is 11.8 Å². The van der Waals surface area contributed by atoms with Gasteiger partial charge in [0.2, 0.25) is 0 Å². The van der Waals surface area contributed by atoms with E-state index in [9.17, 15) is 14.4 Å². The van der Waals surface area contributed by atoms with Gasteiger partial charge in [0.1, 0.15) is 5.76 Å². The average molecular weight is 438 g/mol. The summed E-state index contributed by atoms with van der Waals surface area (Å²) >= 11 is 0. The van der Waals surface area contributed by atoms with Crippen LogP contribution >= 0.6 is 0 Å². The van der Waals surface area contributed by atoms with Gasteiger partial charge in [-0.3, -0.25) is 14.4 Å². The highest BCUT2D eigenvalue weighted by atomic mass is 16.3. The van der Waals surface area contributed by atoms with Gasteiger partial charge in [-0.1, -0.05) is 54.6 Å². The van der Waals surface area contributed by atoms with E-state index in [1.807, 2.05) is 30.3 Å². The van der Waals surface area contributed by atoms with Crippen LogP contribution in [0.5, 0.6) is 0 Å². The van der Waals surface area contributed by atoms with E-state index >= 15 is 0 Å². The molecule has 2 amide bonds. The summed E-state index contributed by atoms with van der Waals surface area (Å²) < 4.78 is 6.13. The summed E-state index contributed by atoms with van der Waals surface area (Å²) in [6, 6.07) is 20.8. The minimum atomic E-state index is -0.490. The van der Waals surface area contributed by atoms with Crippen molar-refractivity contribution in [2.24, 2.45) is 0 Å². The molecule has 1 heterocycles. The normalized spacial score (nSPS) is 10.6. The molecule has 4 aromatic rings. The number of anilines is 1. The van der Waals surface area contributed by atoms with Crippen LogP contribution in [0.3, 0.4) is 0 Å². The van der Waals surface area contributed by atoms with Gasteiger partial charge in [-0.2, -0.15) is 0 Å². The first kappa shape index (κ1) is 21.8. The van der Waals surface area contributed by atoms with Crippen molar-refractivity contribution in [2.75, 3.05) is 11.9 Å². The van der Waals surface area contributed by atoms with Gasteiger partial charge in [-0.05, 0) is 31.2 Å². The second kappa shape index (κ2) is 9.36. The van der Waals surface area contributed by atoms with Gasteiger partial charge in [0.05, 0.1) is 22.2 Å². The van der Waals surface area contributed by atoms with Crippen LogP contribution in [-0.4, -0.2) is 18.4 Å². The van der Waals surface area contributed by atoms with Crippen LogP contribution < -0.4 is 16.1 Å². The minimum Gasteiger partial charge on any atom is -0.455 e. The number of amides is 2. The standard InChI is InChI=1S/C27H22N2O4/c1-3-16-28-26(31)19-12-7-8-15-22(19)29-27(32)21-14-9-13-20-23(30)17(2)24(33-25(20)21)18-10-5-4-6-11-18/h3-15H,1,16H2,2H3,(H,28,31)(H,29,32). The molecular weight excluding hydrogens is 416 g/mol. The third-order valence-electron chi connectivity index (χ3n) is 5.25. The Morgan fingerprint density at radius 2 is 1.61 bits per heavy atom. The Hall–Kier alpha value is -4.45. The predicted molar refractivity (Wildman–Crippen MR) is 130 cm³/mol. The van der Waals surface area contributed by atoms with Gasteiger partial charge in [-0.15, -0.1) is 6.58 Å². The number of fused-ring (bicyclic) bond motifs is 1. The molecule has 6 nitrogen and oxygen atoms in total. The first-order chi connectivity index (χ1) is 16.0. The molecule has 0 aliphatic rings. The topological polar surface area (TPSA) is 88.4 Å². The van der Waals surface area contributed by atoms with E-state index in [0.29, 0.717) is 34.5 Å². The van der Waals surface area contributed by atoms with Crippen molar-refractivity contribution >= 4 is 28.5 Å². The maximum atomic E-state index is 13.2. The van der Waals surface area contributed by atoms with Crippen molar-refractivity contribution in [3.63, 3.8) is 0 Å². The summed E-state index contributed by atoms with van der Waals surface area (Å²) in [7, 11) is 0. The van der Waals surface area contributed by atoms with E-state index in [-0.39, 0.29) is 22.5 Å². The van der Waals surface area contributed by atoms with Crippen LogP contribution in [0.15, 0.2) is 94.7 Å². The van der Waals surface area contributed by atoms with Crippen molar-refractivity contribution < 1.29 is 14.0 Å². The molecule has 0 bridgehead atoms. The molecule has 0 saturated heterocycles. The molecule has 6 heteroatoms. The van der Waals surface area contributed by atoms with Crippen molar-refractivity contribution in [1.29, 1.82) is 0 Å². The molecule has 0 aliphatic heterocycles. The Morgan fingerprint density at radius 1 is 0.909 bits per heavy atom. The van der Waals surface area contributed by atoms with E-state index in [2.05, 4.69) is 17.2 Å². The number of benzene rings is 3. The van der Waals surface area contributed by atoms with Gasteiger partial charge in [0.15, 0.2) is 11.0 Å². The number of carbonyl (C=O) groups excluding carboxylic acids is 2. The Labute approximate surface area is 190 Å². The molecule has 0 radical (unpaired) electrons. The fourth-order valence-electron chi connectivity index (χ4n) is 3.59. The number of hydrogen-bond donors (Lipinski definition) is 2. The highest BCUT2D eigenvalue weighted by molar-refractivity contribution is 6.13. The third-order valence-corrected chi connectivity index (χ3v) is 5.25. The molecule has 33 heavy (non-hydrogen) atoms. The number of hydrogen-bond acceptors (Lipinski definition) is 4. The Balaban J connectivity index is 1.78. The first-order valence-corrected chi connectivity index (χ1v) is 10.4. The Morgan fingerprint density at radius 3 is 2.36 bits per heavy atom. The van der Waals surface area contributed by atoms with Crippen LogP contribution in [-0.2, 0) is 0 Å². The summed E-state index contributed by atoms with van der Waals surface area (Å²) in [5.74, 6) is -0.412. The monoisotopic (exact) mass is 438 g/mol. The summed E-state index contributed by atoms with van der Waals surface area (Å²) in [5.41, 5.74) is 2.06.